The smallest absolute Gasteiger partial charge is 0.375 e. The first-order valence-corrected chi connectivity index (χ1v) is 4.64. The number of hydrogen-bond acceptors (Lipinski definition) is 6. The molecule has 15 heavy (non-hydrogen) atoms. The Hall–Kier alpha value is -1.63. The average molecular weight is 212 g/mol. The molecule has 0 aromatic carbocycles. The standard InChI is InChI=1S/C8H12N4O3/c1-14-7(13)6-9-8(11-10-6)12-2-4-15-5-3-12/h2-5H2,1H3,(H,9,10,11). The number of esters is 1. The number of morpholine rings is 1. The molecular weight excluding hydrogens is 200 g/mol. The molecule has 7 heteroatoms. The molecule has 7 nitrogen and oxygen atoms in total. The number of anilines is 1. The molecule has 1 N–H and O–H groups in total. The van der Waals surface area contributed by atoms with E-state index < -0.39 is 5.97 Å². The Labute approximate surface area is 86.4 Å². The van der Waals surface area contributed by atoms with Crippen molar-refractivity contribution >= 4 is 11.9 Å². The third-order valence-corrected chi connectivity index (χ3v) is 2.15. The van der Waals surface area contributed by atoms with Crippen LogP contribution < -0.4 is 4.90 Å². The van der Waals surface area contributed by atoms with Crippen LogP contribution in [0.5, 0.6) is 0 Å². The Kier molecular flexibility index (Phi) is 2.82. The monoisotopic (exact) mass is 212 g/mol. The van der Waals surface area contributed by atoms with Gasteiger partial charge in [-0.05, 0) is 0 Å². The number of nitrogens with zero attached hydrogens (tertiary/aromatic N) is 3. The number of methoxy groups -OCH3 is 1. The van der Waals surface area contributed by atoms with Crippen LogP contribution in [0.4, 0.5) is 5.95 Å². The summed E-state index contributed by atoms with van der Waals surface area (Å²) < 4.78 is 9.72. The number of aromatic amines is 1. The zero-order valence-corrected chi connectivity index (χ0v) is 8.39. The quantitative estimate of drug-likeness (QED) is 0.661. The van der Waals surface area contributed by atoms with Crippen LogP contribution in [-0.2, 0) is 9.47 Å². The van der Waals surface area contributed by atoms with E-state index in [-0.39, 0.29) is 5.82 Å². The Bertz CT molecular complexity index is 345. The van der Waals surface area contributed by atoms with Gasteiger partial charge in [0.1, 0.15) is 0 Å². The van der Waals surface area contributed by atoms with Crippen LogP contribution in [0, 0.1) is 0 Å². The van der Waals surface area contributed by atoms with Crippen molar-refractivity contribution in [1.82, 2.24) is 15.2 Å². The topological polar surface area (TPSA) is 80.3 Å². The molecule has 1 aliphatic rings. The van der Waals surface area contributed by atoms with Crippen molar-refractivity contribution in [3.63, 3.8) is 0 Å². The van der Waals surface area contributed by atoms with Crippen molar-refractivity contribution in [2.45, 2.75) is 0 Å². The maximum absolute atomic E-state index is 11.1. The molecule has 1 aliphatic heterocycles. The summed E-state index contributed by atoms with van der Waals surface area (Å²) >= 11 is 0. The van der Waals surface area contributed by atoms with Crippen molar-refractivity contribution in [2.24, 2.45) is 0 Å². The lowest BCUT2D eigenvalue weighted by Crippen LogP contribution is -2.36. The molecule has 1 aromatic heterocycles. The molecule has 1 saturated heterocycles. The molecule has 0 aliphatic carbocycles. The van der Waals surface area contributed by atoms with Crippen molar-refractivity contribution in [3.05, 3.63) is 5.82 Å². The van der Waals surface area contributed by atoms with E-state index in [1.807, 2.05) is 4.90 Å². The molecule has 1 fully saturated rings. The summed E-state index contributed by atoms with van der Waals surface area (Å²) in [5.41, 5.74) is 0. The Morgan fingerprint density at radius 3 is 2.93 bits per heavy atom. The fourth-order valence-corrected chi connectivity index (χ4v) is 1.35. The first-order valence-electron chi connectivity index (χ1n) is 4.64. The molecule has 0 atom stereocenters. The number of aromatic nitrogens is 3. The summed E-state index contributed by atoms with van der Waals surface area (Å²) in [5.74, 6) is 0.125. The molecule has 0 saturated carbocycles. The summed E-state index contributed by atoms with van der Waals surface area (Å²) in [6, 6.07) is 0. The van der Waals surface area contributed by atoms with Crippen molar-refractivity contribution in [1.29, 1.82) is 0 Å². The average Bonchev–Trinajstić information content (AvgIpc) is 2.78. The van der Waals surface area contributed by atoms with Gasteiger partial charge in [0.2, 0.25) is 11.8 Å². The van der Waals surface area contributed by atoms with E-state index >= 15 is 0 Å². The van der Waals surface area contributed by atoms with Gasteiger partial charge in [0.25, 0.3) is 0 Å². The van der Waals surface area contributed by atoms with E-state index in [1.165, 1.54) is 7.11 Å². The molecule has 1 aromatic rings. The second-order valence-electron chi connectivity index (χ2n) is 3.08. The van der Waals surface area contributed by atoms with Crippen LogP contribution in [0.2, 0.25) is 0 Å². The lowest BCUT2D eigenvalue weighted by Gasteiger charge is -2.25. The highest BCUT2D eigenvalue weighted by Gasteiger charge is 2.18. The molecule has 2 heterocycles. The van der Waals surface area contributed by atoms with Crippen LogP contribution in [-0.4, -0.2) is 54.6 Å². The van der Waals surface area contributed by atoms with E-state index in [2.05, 4.69) is 19.9 Å². The lowest BCUT2D eigenvalue weighted by atomic mass is 10.4. The minimum absolute atomic E-state index is 0.124. The van der Waals surface area contributed by atoms with E-state index in [0.29, 0.717) is 19.2 Å². The van der Waals surface area contributed by atoms with E-state index in [0.717, 1.165) is 13.1 Å². The molecule has 0 spiro atoms. The third kappa shape index (κ3) is 2.07. The van der Waals surface area contributed by atoms with Gasteiger partial charge in [-0.15, -0.1) is 5.10 Å². The second-order valence-corrected chi connectivity index (χ2v) is 3.08. The van der Waals surface area contributed by atoms with E-state index in [9.17, 15) is 4.79 Å². The number of nitrogens with one attached hydrogen (secondary N) is 1. The van der Waals surface area contributed by atoms with Crippen molar-refractivity contribution in [2.75, 3.05) is 38.3 Å². The van der Waals surface area contributed by atoms with Gasteiger partial charge < -0.3 is 14.4 Å². The third-order valence-electron chi connectivity index (χ3n) is 2.15. The van der Waals surface area contributed by atoms with Crippen LogP contribution in [0.1, 0.15) is 10.6 Å². The molecule has 82 valence electrons. The highest BCUT2D eigenvalue weighted by atomic mass is 16.5. The molecule has 0 unspecified atom stereocenters. The van der Waals surface area contributed by atoms with Crippen molar-refractivity contribution in [3.8, 4) is 0 Å². The minimum Gasteiger partial charge on any atom is -0.463 e. The SMILES string of the molecule is COC(=O)c1nc(N2CCOCC2)n[nH]1. The summed E-state index contributed by atoms with van der Waals surface area (Å²) in [6.07, 6.45) is 0. The van der Waals surface area contributed by atoms with Crippen LogP contribution >= 0.6 is 0 Å². The van der Waals surface area contributed by atoms with Gasteiger partial charge in [-0.25, -0.2) is 4.79 Å². The first kappa shape index (κ1) is 9.91. The number of carbonyl (C=O) groups excluding carboxylic acids is 1. The summed E-state index contributed by atoms with van der Waals surface area (Å²) in [7, 11) is 1.30. The van der Waals surface area contributed by atoms with E-state index in [4.69, 9.17) is 4.74 Å². The van der Waals surface area contributed by atoms with Gasteiger partial charge in [-0.2, -0.15) is 4.98 Å². The minimum atomic E-state index is -0.512. The molecule has 0 bridgehead atoms. The Morgan fingerprint density at radius 1 is 1.53 bits per heavy atom. The van der Waals surface area contributed by atoms with Crippen LogP contribution in [0.25, 0.3) is 0 Å². The molecule has 0 amide bonds. The molecule has 2 rings (SSSR count). The van der Waals surface area contributed by atoms with Gasteiger partial charge >= 0.3 is 5.97 Å². The van der Waals surface area contributed by atoms with Crippen LogP contribution in [0.3, 0.4) is 0 Å². The highest BCUT2D eigenvalue weighted by Crippen LogP contribution is 2.09. The fourth-order valence-electron chi connectivity index (χ4n) is 1.35. The lowest BCUT2D eigenvalue weighted by molar-refractivity contribution is 0.0587. The van der Waals surface area contributed by atoms with Crippen LogP contribution in [0.15, 0.2) is 0 Å². The maximum Gasteiger partial charge on any atom is 0.375 e. The first-order chi connectivity index (χ1) is 7.31. The Balaban J connectivity index is 2.08. The van der Waals surface area contributed by atoms with Gasteiger partial charge in [0.15, 0.2) is 0 Å². The van der Waals surface area contributed by atoms with Crippen molar-refractivity contribution < 1.29 is 14.3 Å². The van der Waals surface area contributed by atoms with Gasteiger partial charge in [-0.3, -0.25) is 5.10 Å². The van der Waals surface area contributed by atoms with Gasteiger partial charge in [-0.1, -0.05) is 0 Å². The number of rotatable bonds is 2. The predicted molar refractivity (Wildman–Crippen MR) is 50.8 cm³/mol. The fraction of sp³-hybridized carbons (Fsp3) is 0.625. The molecular formula is C8H12N4O3. The normalized spacial score (nSPS) is 16.5. The molecule has 0 radical (unpaired) electrons. The predicted octanol–water partition coefficient (Wildman–Crippen LogP) is -0.572. The highest BCUT2D eigenvalue weighted by molar-refractivity contribution is 5.85. The summed E-state index contributed by atoms with van der Waals surface area (Å²) in [5, 5.41) is 6.48. The number of carbonyl (C=O) groups is 1. The number of ether oxygens (including phenoxy) is 2. The Morgan fingerprint density at radius 2 is 2.27 bits per heavy atom. The maximum atomic E-state index is 11.1. The largest absolute Gasteiger partial charge is 0.463 e. The van der Waals surface area contributed by atoms with Gasteiger partial charge in [0.05, 0.1) is 20.3 Å². The number of H-pyrrole nitrogens is 1. The zero-order chi connectivity index (χ0) is 10.7. The summed E-state index contributed by atoms with van der Waals surface area (Å²) in [4.78, 5) is 17.1. The summed E-state index contributed by atoms with van der Waals surface area (Å²) in [6.45, 7) is 2.78. The second kappa shape index (κ2) is 4.26. The van der Waals surface area contributed by atoms with Gasteiger partial charge in [0, 0.05) is 13.1 Å². The zero-order valence-electron chi connectivity index (χ0n) is 8.39. The number of hydrogen-bond donors (Lipinski definition) is 1. The van der Waals surface area contributed by atoms with E-state index in [1.54, 1.807) is 0 Å².